The molecule has 0 atom stereocenters. The van der Waals surface area contributed by atoms with E-state index in [-0.39, 0.29) is 0 Å². The zero-order valence-electron chi connectivity index (χ0n) is 8.14. The van der Waals surface area contributed by atoms with Crippen LogP contribution in [-0.4, -0.2) is 23.7 Å². The van der Waals surface area contributed by atoms with Crippen LogP contribution < -0.4 is 9.47 Å². The number of carbonyl (C=O) groups excluding carboxylic acids is 1. The highest BCUT2D eigenvalue weighted by atomic mass is 35.5. The molecule has 4 nitrogen and oxygen atoms in total. The average Bonchev–Trinajstić information content (AvgIpc) is 2.18. The third-order valence-electron chi connectivity index (χ3n) is 1.51. The third-order valence-corrected chi connectivity index (χ3v) is 1.70. The number of hydrogen-bond donors (Lipinski definition) is 0. The van der Waals surface area contributed by atoms with Crippen LogP contribution in [0.3, 0.4) is 0 Å². The minimum atomic E-state index is -5.11. The molecule has 1 rings (SSSR count). The Morgan fingerprint density at radius 1 is 1.47 bits per heavy atom. The Kier molecular flexibility index (Phi) is 3.76. The molecule has 0 fully saturated rings. The molecule has 0 amide bonds. The number of pyridine rings is 1. The van der Waals surface area contributed by atoms with Crippen LogP contribution >= 0.6 is 11.6 Å². The van der Waals surface area contributed by atoms with Gasteiger partial charge in [-0.25, -0.2) is 9.37 Å². The Hall–Kier alpha value is -1.57. The van der Waals surface area contributed by atoms with Crippen molar-refractivity contribution in [3.63, 3.8) is 0 Å². The second-order valence-corrected chi connectivity index (χ2v) is 2.99. The van der Waals surface area contributed by atoms with Crippen LogP contribution in [0.25, 0.3) is 0 Å². The van der Waals surface area contributed by atoms with Gasteiger partial charge in [0, 0.05) is 6.07 Å². The van der Waals surface area contributed by atoms with Crippen LogP contribution in [0.4, 0.5) is 17.6 Å². The minimum absolute atomic E-state index is 0.416. The molecule has 17 heavy (non-hydrogen) atoms. The van der Waals surface area contributed by atoms with Crippen molar-refractivity contribution in [2.75, 3.05) is 7.11 Å². The fourth-order valence-corrected chi connectivity index (χ4v) is 1.02. The van der Waals surface area contributed by atoms with E-state index >= 15 is 0 Å². The van der Waals surface area contributed by atoms with Gasteiger partial charge in [-0.3, -0.25) is 4.79 Å². The summed E-state index contributed by atoms with van der Waals surface area (Å²) in [5.74, 6) is -3.55. The number of hydrogen-bond acceptors (Lipinski definition) is 4. The molecule has 0 N–H and O–H groups in total. The van der Waals surface area contributed by atoms with E-state index in [0.29, 0.717) is 6.07 Å². The molecule has 0 aromatic carbocycles. The third kappa shape index (κ3) is 3.45. The van der Waals surface area contributed by atoms with Crippen molar-refractivity contribution in [2.24, 2.45) is 0 Å². The average molecular weight is 274 g/mol. The van der Waals surface area contributed by atoms with Gasteiger partial charge >= 0.3 is 6.36 Å². The van der Waals surface area contributed by atoms with Crippen molar-refractivity contribution in [3.05, 3.63) is 17.6 Å². The van der Waals surface area contributed by atoms with Crippen molar-refractivity contribution in [3.8, 4) is 11.6 Å². The predicted octanol–water partition coefficient (Wildman–Crippen LogP) is 2.51. The first-order valence-electron chi connectivity index (χ1n) is 3.94. The Morgan fingerprint density at radius 2 is 2.06 bits per heavy atom. The Bertz CT molecular complexity index is 449. The number of nitrogens with zero attached hydrogens (tertiary/aromatic N) is 1. The molecule has 9 heteroatoms. The molecule has 1 heterocycles. The first kappa shape index (κ1) is 13.5. The lowest BCUT2D eigenvalue weighted by molar-refractivity contribution is -0.276. The number of rotatable bonds is 3. The molecular formula is C8H4ClF4NO3. The van der Waals surface area contributed by atoms with E-state index in [1.807, 2.05) is 0 Å². The molecule has 0 aliphatic rings. The number of methoxy groups -OCH3 is 1. The van der Waals surface area contributed by atoms with Gasteiger partial charge in [-0.2, -0.15) is 0 Å². The second kappa shape index (κ2) is 4.74. The number of carbonyl (C=O) groups is 1. The standard InChI is InChI=1S/C8H4ClF4NO3/c1-16-7-5(17-8(11,12)13)3(10)2-4(14-7)6(9)15/h2H,1H3. The molecule has 0 saturated heterocycles. The number of aromatic nitrogens is 1. The van der Waals surface area contributed by atoms with E-state index in [0.717, 1.165) is 7.11 Å². The van der Waals surface area contributed by atoms with E-state index in [1.165, 1.54) is 0 Å². The Balaban J connectivity index is 3.26. The fourth-order valence-electron chi connectivity index (χ4n) is 0.927. The number of ether oxygens (including phenoxy) is 2. The van der Waals surface area contributed by atoms with Crippen LogP contribution in [0.5, 0.6) is 11.6 Å². The van der Waals surface area contributed by atoms with Gasteiger partial charge < -0.3 is 9.47 Å². The van der Waals surface area contributed by atoms with Crippen LogP contribution in [-0.2, 0) is 0 Å². The van der Waals surface area contributed by atoms with Gasteiger partial charge in [0.25, 0.3) is 11.1 Å². The molecule has 0 unspecified atom stereocenters. The first-order chi connectivity index (χ1) is 7.74. The summed E-state index contributed by atoms with van der Waals surface area (Å²) in [7, 11) is 0.938. The fraction of sp³-hybridized carbons (Fsp3) is 0.250. The lowest BCUT2D eigenvalue weighted by Gasteiger charge is -2.12. The largest absolute Gasteiger partial charge is 0.573 e. The lowest BCUT2D eigenvalue weighted by atomic mass is 10.3. The number of halogens is 5. The molecule has 0 aliphatic carbocycles. The van der Waals surface area contributed by atoms with Crippen molar-refractivity contribution in [1.82, 2.24) is 4.98 Å². The maximum atomic E-state index is 13.2. The molecule has 0 bridgehead atoms. The Labute approximate surface area is 97.1 Å². The highest BCUT2D eigenvalue weighted by Gasteiger charge is 2.35. The van der Waals surface area contributed by atoms with Gasteiger partial charge in [0.15, 0.2) is 5.82 Å². The maximum Gasteiger partial charge on any atom is 0.573 e. The zero-order valence-corrected chi connectivity index (χ0v) is 8.90. The minimum Gasteiger partial charge on any atom is -0.478 e. The summed E-state index contributed by atoms with van der Waals surface area (Å²) in [6, 6.07) is 0.416. The van der Waals surface area contributed by atoms with E-state index in [4.69, 9.17) is 11.6 Å². The molecule has 0 aliphatic heterocycles. The van der Waals surface area contributed by atoms with Gasteiger partial charge in [0.1, 0.15) is 5.69 Å². The summed E-state index contributed by atoms with van der Waals surface area (Å²) < 4.78 is 56.8. The van der Waals surface area contributed by atoms with Crippen LogP contribution in [0, 0.1) is 5.82 Å². The van der Waals surface area contributed by atoms with Crippen molar-refractivity contribution in [1.29, 1.82) is 0 Å². The topological polar surface area (TPSA) is 48.4 Å². The molecule has 94 valence electrons. The van der Waals surface area contributed by atoms with Crippen LogP contribution in [0.1, 0.15) is 10.5 Å². The molecule has 0 radical (unpaired) electrons. The van der Waals surface area contributed by atoms with Gasteiger partial charge in [-0.1, -0.05) is 0 Å². The zero-order chi connectivity index (χ0) is 13.2. The van der Waals surface area contributed by atoms with Gasteiger partial charge in [0.2, 0.25) is 5.75 Å². The maximum absolute atomic E-state index is 13.2. The highest BCUT2D eigenvalue weighted by molar-refractivity contribution is 6.67. The van der Waals surface area contributed by atoms with Gasteiger partial charge in [-0.15, -0.1) is 13.2 Å². The van der Waals surface area contributed by atoms with E-state index in [2.05, 4.69) is 14.5 Å². The highest BCUT2D eigenvalue weighted by Crippen LogP contribution is 2.33. The van der Waals surface area contributed by atoms with Crippen LogP contribution in [0.2, 0.25) is 0 Å². The summed E-state index contributed by atoms with van der Waals surface area (Å²) in [5.41, 5.74) is -0.587. The molecular weight excluding hydrogens is 270 g/mol. The van der Waals surface area contributed by atoms with E-state index < -0.39 is 34.7 Å². The van der Waals surface area contributed by atoms with Gasteiger partial charge in [-0.05, 0) is 11.6 Å². The van der Waals surface area contributed by atoms with Crippen molar-refractivity contribution >= 4 is 16.8 Å². The van der Waals surface area contributed by atoms with E-state index in [1.54, 1.807) is 0 Å². The summed E-state index contributed by atoms with van der Waals surface area (Å²) in [6.07, 6.45) is -5.11. The molecule has 1 aromatic rings. The monoisotopic (exact) mass is 273 g/mol. The molecule has 0 saturated carbocycles. The molecule has 0 spiro atoms. The van der Waals surface area contributed by atoms with Crippen molar-refractivity contribution in [2.45, 2.75) is 6.36 Å². The smallest absolute Gasteiger partial charge is 0.478 e. The number of alkyl halides is 3. The SMILES string of the molecule is COc1nc(C(=O)Cl)cc(F)c1OC(F)(F)F. The molecule has 1 aromatic heterocycles. The lowest BCUT2D eigenvalue weighted by Crippen LogP contribution is -2.19. The summed E-state index contributed by atoms with van der Waals surface area (Å²) >= 11 is 5.00. The summed E-state index contributed by atoms with van der Waals surface area (Å²) in [6.45, 7) is 0. The predicted molar refractivity (Wildman–Crippen MR) is 47.6 cm³/mol. The van der Waals surface area contributed by atoms with Crippen LogP contribution in [0.15, 0.2) is 6.07 Å². The summed E-state index contributed by atoms with van der Waals surface area (Å²) in [5, 5.41) is -1.14. The van der Waals surface area contributed by atoms with E-state index in [9.17, 15) is 22.4 Å². The van der Waals surface area contributed by atoms with Crippen molar-refractivity contribution < 1.29 is 31.8 Å². The summed E-state index contributed by atoms with van der Waals surface area (Å²) in [4.78, 5) is 13.9. The van der Waals surface area contributed by atoms with Gasteiger partial charge in [0.05, 0.1) is 7.11 Å². The Morgan fingerprint density at radius 3 is 2.47 bits per heavy atom. The second-order valence-electron chi connectivity index (χ2n) is 2.65. The quantitative estimate of drug-likeness (QED) is 0.627. The first-order valence-corrected chi connectivity index (χ1v) is 4.32. The normalized spacial score (nSPS) is 11.2.